The lowest BCUT2D eigenvalue weighted by Crippen LogP contribution is -2.53. The molecule has 1 amide bonds. The molecule has 1 aliphatic carbocycles. The second kappa shape index (κ2) is 5.84. The second-order valence-electron chi connectivity index (χ2n) is 4.97. The summed E-state index contributed by atoms with van der Waals surface area (Å²) < 4.78 is 26.5. The second-order valence-corrected chi connectivity index (χ2v) is 4.97. The molecule has 106 valence electrons. The first-order chi connectivity index (χ1) is 8.46. The Labute approximate surface area is 117 Å². The van der Waals surface area contributed by atoms with Gasteiger partial charge in [0.15, 0.2) is 0 Å². The Balaban J connectivity index is 0.00000180. The number of hydrogen-bond acceptors (Lipinski definition) is 2. The molecular formula is C13H17ClF2N2O. The monoisotopic (exact) mass is 290 g/mol. The molecule has 1 saturated carbocycles. The zero-order chi connectivity index (χ0) is 13.3. The van der Waals surface area contributed by atoms with Crippen LogP contribution >= 0.6 is 12.4 Å². The Hall–Kier alpha value is -1.20. The molecule has 0 aliphatic heterocycles. The number of nitrogens with one attached hydrogen (secondary N) is 1. The highest BCUT2D eigenvalue weighted by Gasteiger charge is 2.41. The molecule has 1 atom stereocenters. The fourth-order valence-corrected chi connectivity index (χ4v) is 2.04. The summed E-state index contributed by atoms with van der Waals surface area (Å²) in [5.41, 5.74) is 4.83. The summed E-state index contributed by atoms with van der Waals surface area (Å²) in [5, 5.41) is 2.72. The van der Waals surface area contributed by atoms with Crippen LogP contribution in [0.4, 0.5) is 8.78 Å². The van der Waals surface area contributed by atoms with Crippen LogP contribution in [0.3, 0.4) is 0 Å². The van der Waals surface area contributed by atoms with Gasteiger partial charge in [-0.05, 0) is 43.9 Å². The van der Waals surface area contributed by atoms with Crippen molar-refractivity contribution in [3.63, 3.8) is 0 Å². The third-order valence-electron chi connectivity index (χ3n) is 3.47. The minimum Gasteiger partial charge on any atom is -0.345 e. The molecular weight excluding hydrogens is 274 g/mol. The molecule has 1 fully saturated rings. The SMILES string of the molecule is CC(CN)(NC(=O)c1cc(F)ccc1F)C1CC1.Cl. The third-order valence-corrected chi connectivity index (χ3v) is 3.47. The van der Waals surface area contributed by atoms with Crippen molar-refractivity contribution in [1.82, 2.24) is 5.32 Å². The number of halogens is 3. The van der Waals surface area contributed by atoms with Gasteiger partial charge in [0.05, 0.1) is 11.1 Å². The van der Waals surface area contributed by atoms with Gasteiger partial charge in [-0.25, -0.2) is 8.78 Å². The molecule has 19 heavy (non-hydrogen) atoms. The van der Waals surface area contributed by atoms with E-state index in [1.54, 1.807) is 0 Å². The maximum atomic E-state index is 13.5. The van der Waals surface area contributed by atoms with Crippen molar-refractivity contribution in [2.45, 2.75) is 25.3 Å². The van der Waals surface area contributed by atoms with Crippen LogP contribution in [0.25, 0.3) is 0 Å². The highest BCUT2D eigenvalue weighted by molar-refractivity contribution is 5.95. The molecule has 3 N–H and O–H groups in total. The van der Waals surface area contributed by atoms with Crippen molar-refractivity contribution in [3.8, 4) is 0 Å². The molecule has 3 nitrogen and oxygen atoms in total. The van der Waals surface area contributed by atoms with E-state index in [0.29, 0.717) is 5.92 Å². The first-order valence-electron chi connectivity index (χ1n) is 5.94. The lowest BCUT2D eigenvalue weighted by molar-refractivity contribution is 0.0893. The maximum Gasteiger partial charge on any atom is 0.254 e. The molecule has 0 saturated heterocycles. The summed E-state index contributed by atoms with van der Waals surface area (Å²) in [6.07, 6.45) is 2.00. The molecule has 0 spiro atoms. The van der Waals surface area contributed by atoms with Gasteiger partial charge in [-0.2, -0.15) is 0 Å². The lowest BCUT2D eigenvalue weighted by atomic mass is 9.95. The number of carbonyl (C=O) groups excluding carboxylic acids is 1. The standard InChI is InChI=1S/C13H16F2N2O.ClH/c1-13(7-16,8-2-3-8)17-12(18)10-6-9(14)4-5-11(10)15;/h4-6,8H,2-3,7,16H2,1H3,(H,17,18);1H. The average molecular weight is 291 g/mol. The van der Waals surface area contributed by atoms with Crippen LogP contribution in [0.2, 0.25) is 0 Å². The summed E-state index contributed by atoms with van der Waals surface area (Å²) in [7, 11) is 0. The van der Waals surface area contributed by atoms with Crippen molar-refractivity contribution in [2.75, 3.05) is 6.54 Å². The van der Waals surface area contributed by atoms with E-state index in [9.17, 15) is 13.6 Å². The predicted molar refractivity (Wildman–Crippen MR) is 71.3 cm³/mol. The van der Waals surface area contributed by atoms with Gasteiger partial charge >= 0.3 is 0 Å². The molecule has 0 aromatic heterocycles. The Morgan fingerprint density at radius 2 is 2.11 bits per heavy atom. The predicted octanol–water partition coefficient (Wildman–Crippen LogP) is 2.24. The largest absolute Gasteiger partial charge is 0.345 e. The third kappa shape index (κ3) is 3.42. The van der Waals surface area contributed by atoms with E-state index < -0.39 is 23.1 Å². The number of hydrogen-bond donors (Lipinski definition) is 2. The molecule has 1 aromatic carbocycles. The Bertz CT molecular complexity index is 480. The van der Waals surface area contributed by atoms with E-state index >= 15 is 0 Å². The zero-order valence-electron chi connectivity index (χ0n) is 10.6. The Kier molecular flexibility index (Phi) is 4.87. The van der Waals surface area contributed by atoms with Gasteiger partial charge in [0.25, 0.3) is 5.91 Å². The van der Waals surface area contributed by atoms with Gasteiger partial charge in [-0.3, -0.25) is 4.79 Å². The van der Waals surface area contributed by atoms with Gasteiger partial charge < -0.3 is 11.1 Å². The van der Waals surface area contributed by atoms with E-state index in [-0.39, 0.29) is 24.5 Å². The average Bonchev–Trinajstić information content (AvgIpc) is 3.16. The van der Waals surface area contributed by atoms with E-state index in [4.69, 9.17) is 5.73 Å². The highest BCUT2D eigenvalue weighted by Crippen LogP contribution is 2.39. The van der Waals surface area contributed by atoms with Crippen LogP contribution < -0.4 is 11.1 Å². The molecule has 6 heteroatoms. The quantitative estimate of drug-likeness (QED) is 0.893. The van der Waals surface area contributed by atoms with Gasteiger partial charge in [-0.1, -0.05) is 0 Å². The minimum atomic E-state index is -0.732. The van der Waals surface area contributed by atoms with Crippen LogP contribution in [-0.2, 0) is 0 Å². The molecule has 1 unspecified atom stereocenters. The van der Waals surface area contributed by atoms with Crippen molar-refractivity contribution in [2.24, 2.45) is 11.7 Å². The van der Waals surface area contributed by atoms with Crippen molar-refractivity contribution >= 4 is 18.3 Å². The Morgan fingerprint density at radius 3 is 2.63 bits per heavy atom. The van der Waals surface area contributed by atoms with Gasteiger partial charge in [0.2, 0.25) is 0 Å². The first-order valence-corrected chi connectivity index (χ1v) is 5.94. The van der Waals surface area contributed by atoms with Crippen LogP contribution in [0.5, 0.6) is 0 Å². The van der Waals surface area contributed by atoms with Crippen LogP contribution in [0, 0.1) is 17.6 Å². The van der Waals surface area contributed by atoms with Crippen LogP contribution in [0.1, 0.15) is 30.1 Å². The van der Waals surface area contributed by atoms with E-state index in [2.05, 4.69) is 5.32 Å². The van der Waals surface area contributed by atoms with E-state index in [0.717, 1.165) is 31.0 Å². The van der Waals surface area contributed by atoms with Gasteiger partial charge in [0, 0.05) is 6.54 Å². The van der Waals surface area contributed by atoms with E-state index in [1.807, 2.05) is 6.92 Å². The van der Waals surface area contributed by atoms with Crippen molar-refractivity contribution in [1.29, 1.82) is 0 Å². The topological polar surface area (TPSA) is 55.1 Å². The summed E-state index contributed by atoms with van der Waals surface area (Å²) in [6, 6.07) is 2.82. The van der Waals surface area contributed by atoms with Gasteiger partial charge in [-0.15, -0.1) is 12.4 Å². The number of carbonyl (C=O) groups is 1. The molecule has 0 bridgehead atoms. The number of nitrogens with two attached hydrogens (primary N) is 1. The molecule has 0 radical (unpaired) electrons. The summed E-state index contributed by atoms with van der Waals surface area (Å²) in [5.74, 6) is -1.67. The molecule has 0 heterocycles. The number of amides is 1. The fourth-order valence-electron chi connectivity index (χ4n) is 2.04. The molecule has 2 rings (SSSR count). The highest BCUT2D eigenvalue weighted by atomic mass is 35.5. The summed E-state index contributed by atoms with van der Waals surface area (Å²) in [4.78, 5) is 12.0. The fraction of sp³-hybridized carbons (Fsp3) is 0.462. The van der Waals surface area contributed by atoms with Crippen molar-refractivity contribution in [3.05, 3.63) is 35.4 Å². The Morgan fingerprint density at radius 1 is 1.47 bits per heavy atom. The zero-order valence-corrected chi connectivity index (χ0v) is 11.4. The van der Waals surface area contributed by atoms with Crippen LogP contribution in [-0.4, -0.2) is 18.0 Å². The van der Waals surface area contributed by atoms with Crippen LogP contribution in [0.15, 0.2) is 18.2 Å². The first kappa shape index (κ1) is 15.9. The van der Waals surface area contributed by atoms with Gasteiger partial charge in [0.1, 0.15) is 11.6 Å². The summed E-state index contributed by atoms with van der Waals surface area (Å²) in [6.45, 7) is 2.11. The minimum absolute atomic E-state index is 0. The van der Waals surface area contributed by atoms with Crippen molar-refractivity contribution < 1.29 is 13.6 Å². The number of benzene rings is 1. The van der Waals surface area contributed by atoms with E-state index in [1.165, 1.54) is 0 Å². The maximum absolute atomic E-state index is 13.5. The molecule has 1 aromatic rings. The smallest absolute Gasteiger partial charge is 0.254 e. The number of rotatable bonds is 4. The summed E-state index contributed by atoms with van der Waals surface area (Å²) >= 11 is 0. The molecule has 1 aliphatic rings. The lowest BCUT2D eigenvalue weighted by Gasteiger charge is -2.29. The normalized spacial score (nSPS) is 17.3.